The molecule has 13 heavy (non-hydrogen) atoms. The van der Waals surface area contributed by atoms with E-state index in [1.165, 1.54) is 16.8 Å². The van der Waals surface area contributed by atoms with Gasteiger partial charge in [-0.2, -0.15) is 12.6 Å². The van der Waals surface area contributed by atoms with Gasteiger partial charge in [-0.15, -0.1) is 0 Å². The third-order valence-corrected chi connectivity index (χ3v) is 2.69. The highest BCUT2D eigenvalue weighted by Gasteiger charge is 2.04. The van der Waals surface area contributed by atoms with Crippen LogP contribution in [0.4, 0.5) is 5.69 Å². The maximum atomic E-state index is 4.25. The number of para-hydroxylation sites is 1. The Morgan fingerprint density at radius 3 is 2.31 bits per heavy atom. The van der Waals surface area contributed by atoms with Crippen LogP contribution in [-0.2, 0) is 0 Å². The van der Waals surface area contributed by atoms with Crippen molar-refractivity contribution < 1.29 is 0 Å². The van der Waals surface area contributed by atoms with E-state index in [2.05, 4.69) is 56.9 Å². The van der Waals surface area contributed by atoms with Gasteiger partial charge >= 0.3 is 0 Å². The molecule has 0 saturated carbocycles. The van der Waals surface area contributed by atoms with Crippen molar-refractivity contribution in [3.05, 3.63) is 29.3 Å². The molecule has 0 aliphatic heterocycles. The molecule has 0 aliphatic carbocycles. The highest BCUT2D eigenvalue weighted by Crippen LogP contribution is 2.20. The molecule has 1 rings (SSSR count). The average Bonchev–Trinajstić information content (AvgIpc) is 2.11. The normalized spacial score (nSPS) is 12.6. The van der Waals surface area contributed by atoms with Gasteiger partial charge in [0.15, 0.2) is 0 Å². The lowest BCUT2D eigenvalue weighted by molar-refractivity contribution is 0.911. The molecule has 1 aromatic rings. The minimum atomic E-state index is 0.420. The van der Waals surface area contributed by atoms with Crippen molar-refractivity contribution in [1.29, 1.82) is 0 Å². The minimum absolute atomic E-state index is 0.420. The lowest BCUT2D eigenvalue weighted by Crippen LogP contribution is -2.18. The monoisotopic (exact) mass is 195 g/mol. The van der Waals surface area contributed by atoms with Crippen LogP contribution in [0.5, 0.6) is 0 Å². The molecule has 0 aliphatic rings. The van der Waals surface area contributed by atoms with Crippen LogP contribution in [0.3, 0.4) is 0 Å². The number of hydrogen-bond donors (Lipinski definition) is 2. The summed E-state index contributed by atoms with van der Waals surface area (Å²) in [5, 5.41) is 3.45. The molecule has 0 heterocycles. The van der Waals surface area contributed by atoms with Gasteiger partial charge in [-0.1, -0.05) is 18.2 Å². The van der Waals surface area contributed by atoms with E-state index in [9.17, 15) is 0 Å². The first kappa shape index (κ1) is 10.5. The molecule has 0 radical (unpaired) electrons. The summed E-state index contributed by atoms with van der Waals surface area (Å²) in [5.74, 6) is 0.855. The molecule has 72 valence electrons. The number of aryl methyl sites for hydroxylation is 2. The van der Waals surface area contributed by atoms with Crippen LogP contribution in [0, 0.1) is 13.8 Å². The molecule has 1 atom stereocenters. The average molecular weight is 195 g/mol. The first-order valence-corrected chi connectivity index (χ1v) is 5.22. The number of hydrogen-bond acceptors (Lipinski definition) is 2. The molecule has 1 aromatic carbocycles. The fourth-order valence-electron chi connectivity index (χ4n) is 1.33. The van der Waals surface area contributed by atoms with Crippen molar-refractivity contribution in [2.45, 2.75) is 26.8 Å². The van der Waals surface area contributed by atoms with Crippen LogP contribution in [0.1, 0.15) is 18.1 Å². The van der Waals surface area contributed by atoms with Crippen molar-refractivity contribution >= 4 is 18.3 Å². The molecule has 0 saturated heterocycles. The van der Waals surface area contributed by atoms with E-state index in [0.29, 0.717) is 6.04 Å². The number of thiol groups is 1. The summed E-state index contributed by atoms with van der Waals surface area (Å²) in [6.45, 7) is 6.39. The highest BCUT2D eigenvalue weighted by molar-refractivity contribution is 7.80. The van der Waals surface area contributed by atoms with Crippen LogP contribution in [0.2, 0.25) is 0 Å². The second kappa shape index (κ2) is 4.56. The summed E-state index contributed by atoms with van der Waals surface area (Å²) >= 11 is 4.25. The quantitative estimate of drug-likeness (QED) is 0.706. The fraction of sp³-hybridized carbons (Fsp3) is 0.455. The standard InChI is InChI=1S/C11H17NS/c1-8-5-4-6-9(2)11(8)12-10(3)7-13/h4-6,10,12-13H,7H2,1-3H3. The first-order valence-electron chi connectivity index (χ1n) is 4.58. The zero-order valence-corrected chi connectivity index (χ0v) is 9.36. The second-order valence-corrected chi connectivity index (χ2v) is 3.86. The Hall–Kier alpha value is -0.630. The fourth-order valence-corrected chi connectivity index (χ4v) is 1.43. The predicted molar refractivity (Wildman–Crippen MR) is 62.9 cm³/mol. The van der Waals surface area contributed by atoms with Gasteiger partial charge in [-0.05, 0) is 31.9 Å². The number of nitrogens with one attached hydrogen (secondary N) is 1. The van der Waals surface area contributed by atoms with Crippen LogP contribution in [-0.4, -0.2) is 11.8 Å². The Morgan fingerprint density at radius 1 is 1.31 bits per heavy atom. The van der Waals surface area contributed by atoms with E-state index in [1.54, 1.807) is 0 Å². The Morgan fingerprint density at radius 2 is 1.85 bits per heavy atom. The lowest BCUT2D eigenvalue weighted by atomic mass is 10.1. The Kier molecular flexibility index (Phi) is 3.67. The first-order chi connectivity index (χ1) is 6.15. The lowest BCUT2D eigenvalue weighted by Gasteiger charge is -2.17. The number of rotatable bonds is 3. The van der Waals surface area contributed by atoms with Gasteiger partial charge < -0.3 is 5.32 Å². The van der Waals surface area contributed by atoms with Gasteiger partial charge in [0.25, 0.3) is 0 Å². The van der Waals surface area contributed by atoms with E-state index < -0.39 is 0 Å². The van der Waals surface area contributed by atoms with Crippen LogP contribution < -0.4 is 5.32 Å². The van der Waals surface area contributed by atoms with Crippen molar-refractivity contribution in [3.63, 3.8) is 0 Å². The highest BCUT2D eigenvalue weighted by atomic mass is 32.1. The van der Waals surface area contributed by atoms with Gasteiger partial charge in [0.05, 0.1) is 0 Å². The SMILES string of the molecule is Cc1cccc(C)c1NC(C)CS. The predicted octanol–water partition coefficient (Wildman–Crippen LogP) is 3.03. The van der Waals surface area contributed by atoms with Gasteiger partial charge in [-0.25, -0.2) is 0 Å². The summed E-state index contributed by atoms with van der Waals surface area (Å²) in [6.07, 6.45) is 0. The molecule has 0 fully saturated rings. The van der Waals surface area contributed by atoms with Gasteiger partial charge in [0.1, 0.15) is 0 Å². The van der Waals surface area contributed by atoms with E-state index in [4.69, 9.17) is 0 Å². The zero-order chi connectivity index (χ0) is 9.84. The molecule has 0 bridgehead atoms. The topological polar surface area (TPSA) is 12.0 Å². The number of benzene rings is 1. The summed E-state index contributed by atoms with van der Waals surface area (Å²) < 4.78 is 0. The molecule has 2 heteroatoms. The molecular formula is C11H17NS. The Labute approximate surface area is 86.0 Å². The minimum Gasteiger partial charge on any atom is -0.381 e. The summed E-state index contributed by atoms with van der Waals surface area (Å²) in [6, 6.07) is 6.76. The van der Waals surface area contributed by atoms with Gasteiger partial charge in [0.2, 0.25) is 0 Å². The maximum Gasteiger partial charge on any atom is 0.0401 e. The third kappa shape index (κ3) is 2.66. The Balaban J connectivity index is 2.87. The van der Waals surface area contributed by atoms with Crippen molar-refractivity contribution in [1.82, 2.24) is 0 Å². The Bertz CT molecular complexity index is 263. The van der Waals surface area contributed by atoms with Gasteiger partial charge in [-0.3, -0.25) is 0 Å². The molecule has 1 unspecified atom stereocenters. The summed E-state index contributed by atoms with van der Waals surface area (Å²) in [4.78, 5) is 0. The van der Waals surface area contributed by atoms with Crippen molar-refractivity contribution in [2.24, 2.45) is 0 Å². The smallest absolute Gasteiger partial charge is 0.0401 e. The van der Waals surface area contributed by atoms with Crippen molar-refractivity contribution in [3.8, 4) is 0 Å². The molecule has 0 amide bonds. The molecule has 1 N–H and O–H groups in total. The third-order valence-electron chi connectivity index (χ3n) is 2.15. The van der Waals surface area contributed by atoms with Crippen molar-refractivity contribution in [2.75, 3.05) is 11.1 Å². The van der Waals surface area contributed by atoms with Gasteiger partial charge in [0, 0.05) is 17.5 Å². The summed E-state index contributed by atoms with van der Waals surface area (Å²) in [5.41, 5.74) is 3.85. The van der Waals surface area contributed by atoms with E-state index in [-0.39, 0.29) is 0 Å². The van der Waals surface area contributed by atoms with E-state index >= 15 is 0 Å². The maximum absolute atomic E-state index is 4.25. The molecule has 1 nitrogen and oxygen atoms in total. The molecule has 0 aromatic heterocycles. The van der Waals surface area contributed by atoms with E-state index in [0.717, 1.165) is 5.75 Å². The van der Waals surface area contributed by atoms with Crippen LogP contribution in [0.15, 0.2) is 18.2 Å². The summed E-state index contributed by atoms with van der Waals surface area (Å²) in [7, 11) is 0. The second-order valence-electron chi connectivity index (χ2n) is 3.49. The van der Waals surface area contributed by atoms with Crippen LogP contribution >= 0.6 is 12.6 Å². The molecule has 0 spiro atoms. The van der Waals surface area contributed by atoms with Crippen LogP contribution in [0.25, 0.3) is 0 Å². The largest absolute Gasteiger partial charge is 0.381 e. The number of anilines is 1. The zero-order valence-electron chi connectivity index (χ0n) is 8.46. The van der Waals surface area contributed by atoms with E-state index in [1.807, 2.05) is 0 Å². The molecular weight excluding hydrogens is 178 g/mol.